The summed E-state index contributed by atoms with van der Waals surface area (Å²) in [7, 11) is 0. The number of halogens is 1. The lowest BCUT2D eigenvalue weighted by atomic mass is 10.1. The number of morpholine rings is 1. The van der Waals surface area contributed by atoms with Crippen molar-refractivity contribution in [1.82, 2.24) is 9.88 Å². The molecule has 4 rings (SSSR count). The summed E-state index contributed by atoms with van der Waals surface area (Å²) in [5.74, 6) is -0.342. The first-order valence-corrected chi connectivity index (χ1v) is 11.1. The van der Waals surface area contributed by atoms with Crippen molar-refractivity contribution in [3.8, 4) is 0 Å². The molecular formula is C26H30FN3O2. The molecule has 1 saturated heterocycles. The van der Waals surface area contributed by atoms with Crippen LogP contribution in [0.4, 0.5) is 10.1 Å². The third-order valence-corrected chi connectivity index (χ3v) is 6.07. The molecule has 0 unspecified atom stereocenters. The molecule has 1 amide bonds. The molecule has 168 valence electrons. The van der Waals surface area contributed by atoms with Gasteiger partial charge in [-0.25, -0.2) is 4.39 Å². The van der Waals surface area contributed by atoms with Gasteiger partial charge in [-0.15, -0.1) is 0 Å². The zero-order valence-corrected chi connectivity index (χ0v) is 18.7. The van der Waals surface area contributed by atoms with Crippen molar-refractivity contribution in [1.29, 1.82) is 0 Å². The second kappa shape index (κ2) is 10.0. The SMILES string of the molecule is Cc1c(N2CCOCC2)c(C)n(Cc2ccc(F)cc2)c1C(=O)NCCc1ccccc1. The Hall–Kier alpha value is -3.12. The Morgan fingerprint density at radius 2 is 1.69 bits per heavy atom. The lowest BCUT2D eigenvalue weighted by Crippen LogP contribution is -2.36. The summed E-state index contributed by atoms with van der Waals surface area (Å²) in [5.41, 5.74) is 5.93. The van der Waals surface area contributed by atoms with Crippen molar-refractivity contribution in [2.24, 2.45) is 0 Å². The molecule has 0 bridgehead atoms. The van der Waals surface area contributed by atoms with E-state index in [0.717, 1.165) is 42.0 Å². The van der Waals surface area contributed by atoms with E-state index in [9.17, 15) is 9.18 Å². The smallest absolute Gasteiger partial charge is 0.268 e. The zero-order valence-electron chi connectivity index (χ0n) is 18.7. The van der Waals surface area contributed by atoms with Gasteiger partial charge in [0.2, 0.25) is 0 Å². The van der Waals surface area contributed by atoms with Crippen LogP contribution in [-0.4, -0.2) is 43.3 Å². The number of hydrogen-bond acceptors (Lipinski definition) is 3. The van der Waals surface area contributed by atoms with E-state index in [1.807, 2.05) is 25.1 Å². The Morgan fingerprint density at radius 1 is 1.00 bits per heavy atom. The molecule has 6 heteroatoms. The second-order valence-corrected chi connectivity index (χ2v) is 8.21. The molecule has 3 aromatic rings. The number of carbonyl (C=O) groups is 1. The Morgan fingerprint density at radius 3 is 2.38 bits per heavy atom. The topological polar surface area (TPSA) is 46.5 Å². The molecule has 1 aliphatic rings. The number of aromatic nitrogens is 1. The van der Waals surface area contributed by atoms with Gasteiger partial charge in [0, 0.05) is 37.4 Å². The molecule has 0 spiro atoms. The molecule has 1 aromatic heterocycles. The van der Waals surface area contributed by atoms with Crippen molar-refractivity contribution in [2.75, 3.05) is 37.7 Å². The maximum atomic E-state index is 13.4. The lowest BCUT2D eigenvalue weighted by molar-refractivity contribution is 0.0944. The summed E-state index contributed by atoms with van der Waals surface area (Å²) in [6.45, 7) is 8.12. The number of rotatable bonds is 7. The van der Waals surface area contributed by atoms with Gasteiger partial charge in [-0.2, -0.15) is 0 Å². The Bertz CT molecular complexity index is 1050. The number of ether oxygens (including phenoxy) is 1. The van der Waals surface area contributed by atoms with Gasteiger partial charge in [0.1, 0.15) is 11.5 Å². The standard InChI is InChI=1S/C26H30FN3O2/c1-19-24(29-14-16-32-17-15-29)20(2)30(18-22-8-10-23(27)11-9-22)25(19)26(31)28-13-12-21-6-4-3-5-7-21/h3-11H,12-18H2,1-2H3,(H,28,31). The molecule has 0 atom stereocenters. The van der Waals surface area contributed by atoms with Crippen LogP contribution < -0.4 is 10.2 Å². The summed E-state index contributed by atoms with van der Waals surface area (Å²) in [5, 5.41) is 3.10. The first kappa shape index (κ1) is 22.1. The highest BCUT2D eigenvalue weighted by Crippen LogP contribution is 2.32. The molecular weight excluding hydrogens is 405 g/mol. The van der Waals surface area contributed by atoms with Crippen molar-refractivity contribution < 1.29 is 13.9 Å². The minimum Gasteiger partial charge on any atom is -0.378 e. The molecule has 0 aliphatic carbocycles. The average Bonchev–Trinajstić information content (AvgIpc) is 3.05. The third-order valence-electron chi connectivity index (χ3n) is 6.07. The number of carbonyl (C=O) groups excluding carboxylic acids is 1. The van der Waals surface area contributed by atoms with Crippen molar-refractivity contribution in [2.45, 2.75) is 26.8 Å². The van der Waals surface area contributed by atoms with E-state index >= 15 is 0 Å². The van der Waals surface area contributed by atoms with Crippen LogP contribution in [0.25, 0.3) is 0 Å². The van der Waals surface area contributed by atoms with Crippen LogP contribution in [-0.2, 0) is 17.7 Å². The zero-order chi connectivity index (χ0) is 22.5. The fourth-order valence-electron chi connectivity index (χ4n) is 4.45. The third kappa shape index (κ3) is 4.86. The Labute approximate surface area is 188 Å². The van der Waals surface area contributed by atoms with Gasteiger partial charge < -0.3 is 19.5 Å². The molecule has 0 saturated carbocycles. The van der Waals surface area contributed by atoms with Gasteiger partial charge >= 0.3 is 0 Å². The number of hydrogen-bond donors (Lipinski definition) is 1. The predicted molar refractivity (Wildman–Crippen MR) is 125 cm³/mol. The van der Waals surface area contributed by atoms with E-state index in [0.29, 0.717) is 32.0 Å². The molecule has 5 nitrogen and oxygen atoms in total. The summed E-state index contributed by atoms with van der Waals surface area (Å²) in [6.07, 6.45) is 0.777. The van der Waals surface area contributed by atoms with E-state index in [1.54, 1.807) is 12.1 Å². The molecule has 1 aliphatic heterocycles. The van der Waals surface area contributed by atoms with E-state index in [4.69, 9.17) is 4.74 Å². The average molecular weight is 436 g/mol. The first-order chi connectivity index (χ1) is 15.5. The largest absolute Gasteiger partial charge is 0.378 e. The first-order valence-electron chi connectivity index (χ1n) is 11.1. The molecule has 2 heterocycles. The number of amides is 1. The molecule has 1 N–H and O–H groups in total. The summed E-state index contributed by atoms with van der Waals surface area (Å²) in [4.78, 5) is 15.6. The van der Waals surface area contributed by atoms with E-state index in [1.165, 1.54) is 17.7 Å². The quantitative estimate of drug-likeness (QED) is 0.608. The predicted octanol–water partition coefficient (Wildman–Crippen LogP) is 4.10. The van der Waals surface area contributed by atoms with Gasteiger partial charge in [0.25, 0.3) is 5.91 Å². The van der Waals surface area contributed by atoms with E-state index in [2.05, 4.69) is 33.8 Å². The highest BCUT2D eigenvalue weighted by molar-refractivity contribution is 5.96. The maximum Gasteiger partial charge on any atom is 0.268 e. The normalized spacial score (nSPS) is 13.9. The number of nitrogens with zero attached hydrogens (tertiary/aromatic N) is 2. The van der Waals surface area contributed by atoms with Crippen LogP contribution in [0.15, 0.2) is 54.6 Å². The summed E-state index contributed by atoms with van der Waals surface area (Å²) >= 11 is 0. The van der Waals surface area contributed by atoms with Crippen LogP contribution in [0.5, 0.6) is 0 Å². The van der Waals surface area contributed by atoms with Gasteiger partial charge in [0.15, 0.2) is 0 Å². The summed E-state index contributed by atoms with van der Waals surface area (Å²) in [6, 6.07) is 16.6. The van der Waals surface area contributed by atoms with E-state index in [-0.39, 0.29) is 11.7 Å². The second-order valence-electron chi connectivity index (χ2n) is 8.21. The fourth-order valence-corrected chi connectivity index (χ4v) is 4.45. The van der Waals surface area contributed by atoms with Crippen LogP contribution >= 0.6 is 0 Å². The van der Waals surface area contributed by atoms with Crippen molar-refractivity contribution >= 4 is 11.6 Å². The summed E-state index contributed by atoms with van der Waals surface area (Å²) < 4.78 is 21.0. The van der Waals surface area contributed by atoms with Crippen LogP contribution in [0.1, 0.15) is 32.9 Å². The van der Waals surface area contributed by atoms with Crippen LogP contribution in [0, 0.1) is 19.7 Å². The lowest BCUT2D eigenvalue weighted by Gasteiger charge is -2.29. The monoisotopic (exact) mass is 435 g/mol. The van der Waals surface area contributed by atoms with Crippen molar-refractivity contribution in [3.05, 3.63) is 88.5 Å². The number of anilines is 1. The molecule has 32 heavy (non-hydrogen) atoms. The maximum absolute atomic E-state index is 13.4. The fraction of sp³-hybridized carbons (Fsp3) is 0.346. The number of nitrogens with one attached hydrogen (secondary N) is 1. The van der Waals surface area contributed by atoms with Gasteiger partial charge in [0.05, 0.1) is 18.9 Å². The molecule has 1 fully saturated rings. The molecule has 0 radical (unpaired) electrons. The highest BCUT2D eigenvalue weighted by atomic mass is 19.1. The van der Waals surface area contributed by atoms with Crippen LogP contribution in [0.3, 0.4) is 0 Å². The minimum atomic E-state index is -0.262. The highest BCUT2D eigenvalue weighted by Gasteiger charge is 2.26. The minimum absolute atomic E-state index is 0.0804. The van der Waals surface area contributed by atoms with Gasteiger partial charge in [-0.1, -0.05) is 42.5 Å². The number of benzene rings is 2. The Kier molecular flexibility index (Phi) is 6.90. The van der Waals surface area contributed by atoms with Crippen molar-refractivity contribution in [3.63, 3.8) is 0 Å². The Balaban J connectivity index is 1.61. The van der Waals surface area contributed by atoms with Crippen LogP contribution in [0.2, 0.25) is 0 Å². The molecule has 2 aromatic carbocycles. The van der Waals surface area contributed by atoms with Gasteiger partial charge in [-0.05, 0) is 43.5 Å². The van der Waals surface area contributed by atoms with Gasteiger partial charge in [-0.3, -0.25) is 4.79 Å². The van der Waals surface area contributed by atoms with E-state index < -0.39 is 0 Å².